The highest BCUT2D eigenvalue weighted by Crippen LogP contribution is 2.38. The van der Waals surface area contributed by atoms with Crippen LogP contribution in [-0.2, 0) is 33.3 Å². The highest BCUT2D eigenvalue weighted by molar-refractivity contribution is 5.72. The van der Waals surface area contributed by atoms with Gasteiger partial charge in [-0.3, -0.25) is 9.59 Å². The van der Waals surface area contributed by atoms with Crippen molar-refractivity contribution in [3.8, 4) is 0 Å². The Morgan fingerprint density at radius 2 is 1.42 bits per heavy atom. The molecule has 1 amide bonds. The number of alkyl carbamates (subject to hydrolysis) is 1. The second kappa shape index (κ2) is 32.1. The Bertz CT molecular complexity index is 1780. The van der Waals surface area contributed by atoms with E-state index < -0.39 is 154 Å². The predicted octanol–water partition coefficient (Wildman–Crippen LogP) is 2.14. The van der Waals surface area contributed by atoms with Gasteiger partial charge in [0.15, 0.2) is 12.1 Å². The molecule has 2 heterocycles. The van der Waals surface area contributed by atoms with Gasteiger partial charge in [-0.25, -0.2) is 4.79 Å². The van der Waals surface area contributed by atoms with Crippen LogP contribution < -0.4 is 5.32 Å². The summed E-state index contributed by atoms with van der Waals surface area (Å²) in [5.41, 5.74) is 0. The van der Waals surface area contributed by atoms with Crippen LogP contribution in [0.15, 0.2) is 85.6 Å². The lowest BCUT2D eigenvalue weighted by Crippen LogP contribution is -2.64. The molecule has 2 saturated heterocycles. The van der Waals surface area contributed by atoms with Crippen LogP contribution in [0.3, 0.4) is 0 Å². The Hall–Kier alpha value is -4.13. The van der Waals surface area contributed by atoms with E-state index in [0.717, 1.165) is 0 Å². The molecular weight excluding hydrogens is 931 g/mol. The van der Waals surface area contributed by atoms with E-state index in [4.69, 9.17) is 23.7 Å². The van der Waals surface area contributed by atoms with Crippen LogP contribution in [0.5, 0.6) is 0 Å². The number of rotatable bonds is 30. The quantitative estimate of drug-likeness (QED) is 0.0279. The van der Waals surface area contributed by atoms with Crippen molar-refractivity contribution in [2.75, 3.05) is 6.61 Å². The van der Waals surface area contributed by atoms with E-state index in [1.807, 2.05) is 51.2 Å². The van der Waals surface area contributed by atoms with E-state index in [9.17, 15) is 70.6 Å². The maximum Gasteiger partial charge on any atom is 0.407 e. The predicted molar refractivity (Wildman–Crippen MR) is 260 cm³/mol. The van der Waals surface area contributed by atoms with Crippen molar-refractivity contribution in [1.82, 2.24) is 5.32 Å². The average molecular weight is 1010 g/mol. The number of carboxylic acid groups (broad SMARTS) is 1. The smallest absolute Gasteiger partial charge is 0.407 e. The molecule has 2 aliphatic heterocycles. The van der Waals surface area contributed by atoms with Crippen molar-refractivity contribution in [2.24, 2.45) is 17.8 Å². The fourth-order valence-electron chi connectivity index (χ4n) is 8.18. The molecule has 404 valence electrons. The van der Waals surface area contributed by atoms with Gasteiger partial charge in [0.25, 0.3) is 0 Å². The largest absolute Gasteiger partial charge is 0.481 e. The molecule has 0 aromatic rings. The van der Waals surface area contributed by atoms with Gasteiger partial charge in [-0.05, 0) is 46.0 Å². The van der Waals surface area contributed by atoms with Gasteiger partial charge in [-0.2, -0.15) is 0 Å². The van der Waals surface area contributed by atoms with Crippen molar-refractivity contribution < 1.29 is 94.2 Å². The van der Waals surface area contributed by atoms with Crippen LogP contribution in [0, 0.1) is 17.8 Å². The van der Waals surface area contributed by atoms with Gasteiger partial charge in [0, 0.05) is 31.6 Å². The number of amides is 1. The number of hydrogen-bond donors (Lipinski definition) is 12. The first-order valence-electron chi connectivity index (χ1n) is 24.2. The second-order valence-corrected chi connectivity index (χ2v) is 18.7. The topological polar surface area (TPSA) is 332 Å². The van der Waals surface area contributed by atoms with Crippen LogP contribution in [0.1, 0.15) is 92.9 Å². The molecule has 0 aliphatic carbocycles. The van der Waals surface area contributed by atoms with Gasteiger partial charge in [0.05, 0.1) is 73.5 Å². The maximum atomic E-state index is 12.6. The minimum Gasteiger partial charge on any atom is -0.481 e. The summed E-state index contributed by atoms with van der Waals surface area (Å²) in [5.74, 6) is -6.67. The zero-order valence-corrected chi connectivity index (χ0v) is 41.7. The number of carbonyl (C=O) groups excluding carboxylic acids is 2. The number of hydrogen-bond acceptors (Lipinski definition) is 18. The minimum atomic E-state index is -2.38. The summed E-state index contributed by atoms with van der Waals surface area (Å²) in [6.07, 6.45) is -0.750. The van der Waals surface area contributed by atoms with Crippen molar-refractivity contribution in [3.05, 3.63) is 85.6 Å². The number of carbonyl (C=O) groups is 3. The highest BCUT2D eigenvalue weighted by atomic mass is 16.7. The Labute approximate surface area is 416 Å². The molecule has 0 radical (unpaired) electrons. The Morgan fingerprint density at radius 1 is 0.817 bits per heavy atom. The van der Waals surface area contributed by atoms with Crippen molar-refractivity contribution in [1.29, 1.82) is 0 Å². The molecule has 18 atom stereocenters. The molecule has 0 aromatic carbocycles. The van der Waals surface area contributed by atoms with E-state index in [1.165, 1.54) is 19.1 Å². The first-order valence-corrected chi connectivity index (χ1v) is 24.2. The van der Waals surface area contributed by atoms with Gasteiger partial charge in [-0.1, -0.05) is 106 Å². The van der Waals surface area contributed by atoms with Gasteiger partial charge < -0.3 is 85.2 Å². The molecule has 0 saturated carbocycles. The van der Waals surface area contributed by atoms with Crippen LogP contribution in [-0.4, -0.2) is 178 Å². The summed E-state index contributed by atoms with van der Waals surface area (Å²) in [5, 5.41) is 121. The molecule has 71 heavy (non-hydrogen) atoms. The molecule has 12 N–H and O–H groups in total. The van der Waals surface area contributed by atoms with Crippen LogP contribution >= 0.6 is 0 Å². The first-order chi connectivity index (χ1) is 33.4. The van der Waals surface area contributed by atoms with Gasteiger partial charge in [-0.15, -0.1) is 0 Å². The summed E-state index contributed by atoms with van der Waals surface area (Å²) in [7, 11) is 0. The summed E-state index contributed by atoms with van der Waals surface area (Å²) in [4.78, 5) is 37.4. The summed E-state index contributed by atoms with van der Waals surface area (Å²) in [6.45, 7) is 13.7. The van der Waals surface area contributed by atoms with Crippen molar-refractivity contribution in [2.45, 2.75) is 190 Å². The lowest BCUT2D eigenvalue weighted by molar-refractivity contribution is -0.309. The average Bonchev–Trinajstić information content (AvgIpc) is 3.28. The number of ether oxygens (including phenoxy) is 5. The summed E-state index contributed by atoms with van der Waals surface area (Å²) in [6, 6.07) is -1.35. The first kappa shape index (κ1) is 63.0. The number of aliphatic hydroxyl groups is 10. The Kier molecular flexibility index (Phi) is 28.5. The van der Waals surface area contributed by atoms with Crippen molar-refractivity contribution >= 4 is 18.0 Å². The maximum absolute atomic E-state index is 12.6. The van der Waals surface area contributed by atoms with Crippen LogP contribution in [0.2, 0.25) is 0 Å². The monoisotopic (exact) mass is 1010 g/mol. The molecule has 0 aromatic heterocycles. The summed E-state index contributed by atoms with van der Waals surface area (Å²) >= 11 is 0. The number of aliphatic carboxylic acids is 1. The number of esters is 1. The van der Waals surface area contributed by atoms with Crippen molar-refractivity contribution in [3.63, 3.8) is 0 Å². The second-order valence-electron chi connectivity index (χ2n) is 18.7. The Morgan fingerprint density at radius 3 is 2.00 bits per heavy atom. The molecule has 18 unspecified atom stereocenters. The molecule has 0 bridgehead atoms. The molecule has 0 spiro atoms. The van der Waals surface area contributed by atoms with Gasteiger partial charge >= 0.3 is 18.0 Å². The number of aliphatic hydroxyl groups excluding tert-OH is 9. The minimum absolute atomic E-state index is 0.0610. The van der Waals surface area contributed by atoms with Gasteiger partial charge in [0.1, 0.15) is 30.8 Å². The molecule has 2 fully saturated rings. The highest BCUT2D eigenvalue weighted by Gasteiger charge is 2.51. The lowest BCUT2D eigenvalue weighted by atomic mass is 9.82. The van der Waals surface area contributed by atoms with E-state index in [0.29, 0.717) is 0 Å². The molecule has 2 rings (SSSR count). The molecule has 20 heteroatoms. The standard InChI is InChI=1S/C51H81NO19/c1-8-10-11-12-13-14-15-16-17-18-19-20-37(70-49-47(62)44(46(61)33(7)69-49)52-50(65)67-23-9-2)27-41-43(48(63)64)40(58)29-51(66,71-41)28-36(55)25-39(57)38(56)22-21-34(53)24-35(54)26-42(59)68-32(6)31(5)45(60)30(3)4/h8-20,30-41,43-47,49,53-58,60-62,66H,2,21-29H2,1,3-7H3,(H,52,65)(H,63,64)/b10-8+,12-11+,14-13+,16-15+,18-17+,20-19+. The number of nitrogens with one attached hydrogen (secondary N) is 1. The normalized spacial score (nSPS) is 29.4. The molecule has 2 aliphatic rings. The zero-order chi connectivity index (χ0) is 53.4. The third kappa shape index (κ3) is 22.7. The fourth-order valence-corrected chi connectivity index (χ4v) is 8.18. The molecule has 20 nitrogen and oxygen atoms in total. The SMILES string of the molecule is C=CCOC(=O)NC1C(O)C(C)OC(OC(/C=C/C=C/C=C/C=C/C=C/C=C/C)CC2OC(O)(CC(O)CC(O)C(O)CCC(O)CC(O)CC(=O)OC(C)C(C)C(O)C(C)C)CC(O)C2C(=O)O)C1O. The van der Waals surface area contributed by atoms with Gasteiger partial charge in [0.2, 0.25) is 0 Å². The van der Waals surface area contributed by atoms with E-state index in [1.54, 1.807) is 50.3 Å². The summed E-state index contributed by atoms with van der Waals surface area (Å²) < 4.78 is 28.2. The van der Waals surface area contributed by atoms with Crippen LogP contribution in [0.4, 0.5) is 4.79 Å². The third-order valence-electron chi connectivity index (χ3n) is 12.3. The lowest BCUT2D eigenvalue weighted by Gasteiger charge is -2.45. The fraction of sp³-hybridized carbons (Fsp3) is 0.667. The van der Waals surface area contributed by atoms with Crippen LogP contribution in [0.25, 0.3) is 0 Å². The third-order valence-corrected chi connectivity index (χ3v) is 12.3. The Balaban J connectivity index is 2.19. The number of carboxylic acids is 1. The van der Waals surface area contributed by atoms with E-state index in [2.05, 4.69) is 11.9 Å². The molecular formula is C51H81NO19. The van der Waals surface area contributed by atoms with E-state index >= 15 is 0 Å². The zero-order valence-electron chi connectivity index (χ0n) is 41.7. The van der Waals surface area contributed by atoms with E-state index in [-0.39, 0.29) is 37.7 Å². The number of allylic oxidation sites excluding steroid dienone is 11.